The summed E-state index contributed by atoms with van der Waals surface area (Å²) in [7, 11) is 1.32. The van der Waals surface area contributed by atoms with E-state index in [9.17, 15) is 9.59 Å². The molecule has 0 spiro atoms. The van der Waals surface area contributed by atoms with E-state index in [-0.39, 0.29) is 11.1 Å². The van der Waals surface area contributed by atoms with Crippen molar-refractivity contribution in [3.05, 3.63) is 106 Å². The lowest BCUT2D eigenvalue weighted by atomic mass is 9.97. The van der Waals surface area contributed by atoms with Crippen molar-refractivity contribution in [3.63, 3.8) is 0 Å². The fourth-order valence-electron chi connectivity index (χ4n) is 5.07. The summed E-state index contributed by atoms with van der Waals surface area (Å²) in [6, 6.07) is 15.1. The van der Waals surface area contributed by atoms with Crippen molar-refractivity contribution >= 4 is 46.0 Å². The molecular weight excluding hydrogens is 653 g/mol. The first kappa shape index (κ1) is 28.9. The zero-order chi connectivity index (χ0) is 29.3. The summed E-state index contributed by atoms with van der Waals surface area (Å²) in [5, 5.41) is 0. The fraction of sp³-hybridized carbons (Fsp3) is 0.258. The summed E-state index contributed by atoms with van der Waals surface area (Å²) in [6.07, 6.45) is 3.39. The van der Waals surface area contributed by atoms with Crippen LogP contribution < -0.4 is 24.4 Å². The SMILES string of the molecule is CCOc1ccc([C@H]2C(C(=O)OC)=CN=c3s/c(=C\c4cc(C)n(-c5cccc(I)c5)c4C)c(=O)n32)cc1OCC. The van der Waals surface area contributed by atoms with E-state index in [2.05, 4.69) is 63.3 Å². The largest absolute Gasteiger partial charge is 0.490 e. The molecule has 0 N–H and O–H groups in total. The van der Waals surface area contributed by atoms with Gasteiger partial charge in [0.2, 0.25) is 0 Å². The summed E-state index contributed by atoms with van der Waals surface area (Å²) in [5.74, 6) is 0.580. The average molecular weight is 684 g/mol. The van der Waals surface area contributed by atoms with E-state index in [0.717, 1.165) is 26.2 Å². The van der Waals surface area contributed by atoms with Gasteiger partial charge in [0.15, 0.2) is 16.3 Å². The lowest BCUT2D eigenvalue weighted by Crippen LogP contribution is -2.39. The molecule has 0 unspecified atom stereocenters. The molecule has 10 heteroatoms. The lowest BCUT2D eigenvalue weighted by Gasteiger charge is -2.23. The molecule has 1 aliphatic rings. The number of carbonyl (C=O) groups excluding carboxylic acids is 1. The van der Waals surface area contributed by atoms with Crippen LogP contribution in [0.5, 0.6) is 11.5 Å². The average Bonchev–Trinajstić information content (AvgIpc) is 3.43. The third kappa shape index (κ3) is 5.50. The van der Waals surface area contributed by atoms with Crippen LogP contribution in [0.15, 0.2) is 70.1 Å². The van der Waals surface area contributed by atoms with Crippen LogP contribution in [0.25, 0.3) is 11.8 Å². The van der Waals surface area contributed by atoms with E-state index in [0.29, 0.717) is 39.6 Å². The van der Waals surface area contributed by atoms with Gasteiger partial charge in [-0.2, -0.15) is 0 Å². The van der Waals surface area contributed by atoms with E-state index in [1.54, 1.807) is 10.6 Å². The molecule has 1 atom stereocenters. The Kier molecular flexibility index (Phi) is 8.50. The van der Waals surface area contributed by atoms with Gasteiger partial charge in [-0.3, -0.25) is 9.36 Å². The molecule has 2 aromatic carbocycles. The van der Waals surface area contributed by atoms with Crippen LogP contribution in [0.3, 0.4) is 0 Å². The highest BCUT2D eigenvalue weighted by Gasteiger charge is 2.31. The number of fused-ring (bicyclic) bond motifs is 1. The Hall–Kier alpha value is -3.64. The smallest absolute Gasteiger partial charge is 0.337 e. The molecule has 0 bridgehead atoms. The van der Waals surface area contributed by atoms with Crippen LogP contribution in [0.2, 0.25) is 0 Å². The minimum absolute atomic E-state index is 0.237. The summed E-state index contributed by atoms with van der Waals surface area (Å²) in [6.45, 7) is 8.80. The van der Waals surface area contributed by atoms with E-state index in [1.807, 2.05) is 45.0 Å². The molecule has 0 saturated carbocycles. The summed E-state index contributed by atoms with van der Waals surface area (Å²) < 4.78 is 22.0. The molecule has 212 valence electrons. The molecule has 41 heavy (non-hydrogen) atoms. The van der Waals surface area contributed by atoms with Crippen molar-refractivity contribution in [1.29, 1.82) is 0 Å². The van der Waals surface area contributed by atoms with E-state index >= 15 is 0 Å². The monoisotopic (exact) mass is 683 g/mol. The highest BCUT2D eigenvalue weighted by atomic mass is 127. The number of halogens is 1. The first-order chi connectivity index (χ1) is 19.8. The third-order valence-electron chi connectivity index (χ3n) is 6.83. The molecule has 0 amide bonds. The molecule has 8 nitrogen and oxygen atoms in total. The molecule has 0 radical (unpaired) electrons. The van der Waals surface area contributed by atoms with Gasteiger partial charge in [0.05, 0.1) is 36.5 Å². The van der Waals surface area contributed by atoms with Gasteiger partial charge in [0.25, 0.3) is 5.56 Å². The number of hydrogen-bond acceptors (Lipinski definition) is 7. The third-order valence-corrected chi connectivity index (χ3v) is 8.50. The highest BCUT2D eigenvalue weighted by molar-refractivity contribution is 14.1. The maximum atomic E-state index is 14.0. The number of carbonyl (C=O) groups is 1. The number of thiazole rings is 1. The number of methoxy groups -OCH3 is 1. The van der Waals surface area contributed by atoms with Crippen molar-refractivity contribution in [2.75, 3.05) is 20.3 Å². The fourth-order valence-corrected chi connectivity index (χ4v) is 6.56. The Morgan fingerprint density at radius 2 is 1.83 bits per heavy atom. The van der Waals surface area contributed by atoms with Crippen molar-refractivity contribution in [2.24, 2.45) is 4.99 Å². The Labute approximate surface area is 255 Å². The Balaban J connectivity index is 1.66. The number of nitrogens with zero attached hydrogens (tertiary/aromatic N) is 3. The van der Waals surface area contributed by atoms with Crippen LogP contribution in [-0.4, -0.2) is 35.4 Å². The Morgan fingerprint density at radius 1 is 1.07 bits per heavy atom. The van der Waals surface area contributed by atoms with Gasteiger partial charge >= 0.3 is 5.97 Å². The zero-order valence-corrected chi connectivity index (χ0v) is 26.4. The molecule has 3 heterocycles. The van der Waals surface area contributed by atoms with Gasteiger partial charge in [0.1, 0.15) is 0 Å². The maximum absolute atomic E-state index is 14.0. The molecule has 0 saturated heterocycles. The molecule has 4 aromatic rings. The Bertz CT molecular complexity index is 1850. The standard InChI is InChI=1S/C31H30IN3O5S/c1-6-39-25-12-11-20(14-26(25)40-7-2)28-24(30(37)38-5)17-33-31-35(28)29(36)27(41-31)15-21-13-18(3)34(19(21)4)23-10-8-9-22(32)16-23/h8-17,28H,6-7H2,1-5H3/b27-15-/t28-/m0/s1. The number of benzene rings is 2. The summed E-state index contributed by atoms with van der Waals surface area (Å²) >= 11 is 3.60. The molecule has 1 aliphatic heterocycles. The van der Waals surface area contributed by atoms with Gasteiger partial charge in [-0.05, 0) is 104 Å². The van der Waals surface area contributed by atoms with Crippen LogP contribution in [0, 0.1) is 17.4 Å². The van der Waals surface area contributed by atoms with E-state index in [1.165, 1.54) is 24.6 Å². The second-order valence-electron chi connectivity index (χ2n) is 9.39. The van der Waals surface area contributed by atoms with Gasteiger partial charge in [-0.15, -0.1) is 0 Å². The molecule has 2 aromatic heterocycles. The minimum Gasteiger partial charge on any atom is -0.490 e. The van der Waals surface area contributed by atoms with Crippen LogP contribution in [-0.2, 0) is 9.53 Å². The topological polar surface area (TPSA) is 84.0 Å². The second kappa shape index (κ2) is 12.1. The van der Waals surface area contributed by atoms with E-state index in [4.69, 9.17) is 14.2 Å². The number of esters is 1. The van der Waals surface area contributed by atoms with Crippen LogP contribution in [0.4, 0.5) is 0 Å². The highest BCUT2D eigenvalue weighted by Crippen LogP contribution is 2.35. The molecule has 5 rings (SSSR count). The van der Waals surface area contributed by atoms with Crippen molar-refractivity contribution in [2.45, 2.75) is 33.7 Å². The second-order valence-corrected chi connectivity index (χ2v) is 11.6. The van der Waals surface area contributed by atoms with Crippen molar-refractivity contribution < 1.29 is 19.0 Å². The number of aryl methyl sites for hydroxylation is 1. The van der Waals surface area contributed by atoms with Crippen LogP contribution >= 0.6 is 33.9 Å². The normalized spacial score (nSPS) is 14.7. The van der Waals surface area contributed by atoms with E-state index < -0.39 is 12.0 Å². The Morgan fingerprint density at radius 3 is 2.54 bits per heavy atom. The van der Waals surface area contributed by atoms with Gasteiger partial charge in [0, 0.05) is 26.8 Å². The van der Waals surface area contributed by atoms with Crippen molar-refractivity contribution in [1.82, 2.24) is 9.13 Å². The number of hydrogen-bond donors (Lipinski definition) is 0. The number of rotatable bonds is 8. The predicted octanol–water partition coefficient (Wildman–Crippen LogP) is 4.83. The van der Waals surface area contributed by atoms with Gasteiger partial charge in [-0.25, -0.2) is 9.79 Å². The quantitative estimate of drug-likeness (QED) is 0.197. The number of ether oxygens (including phenoxy) is 3. The van der Waals surface area contributed by atoms with Crippen molar-refractivity contribution in [3.8, 4) is 17.2 Å². The molecular formula is C31H30IN3O5S. The molecule has 0 fully saturated rings. The minimum atomic E-state index is -0.741. The van der Waals surface area contributed by atoms with Gasteiger partial charge in [-0.1, -0.05) is 23.5 Å². The zero-order valence-electron chi connectivity index (χ0n) is 23.4. The first-order valence-electron chi connectivity index (χ1n) is 13.2. The summed E-state index contributed by atoms with van der Waals surface area (Å²) in [4.78, 5) is 31.8. The van der Waals surface area contributed by atoms with Gasteiger partial charge < -0.3 is 18.8 Å². The number of aromatic nitrogens is 2. The summed E-state index contributed by atoms with van der Waals surface area (Å²) in [5.41, 5.74) is 4.80. The van der Waals surface area contributed by atoms with Crippen LogP contribution in [0.1, 0.15) is 42.4 Å². The predicted molar refractivity (Wildman–Crippen MR) is 168 cm³/mol. The maximum Gasteiger partial charge on any atom is 0.337 e. The lowest BCUT2D eigenvalue weighted by molar-refractivity contribution is -0.136. The molecule has 0 aliphatic carbocycles. The first-order valence-corrected chi connectivity index (χ1v) is 15.1.